The summed E-state index contributed by atoms with van der Waals surface area (Å²) in [7, 11) is 0. The van der Waals surface area contributed by atoms with Crippen LogP contribution < -0.4 is 5.32 Å². The van der Waals surface area contributed by atoms with E-state index in [0.717, 1.165) is 30.7 Å². The van der Waals surface area contributed by atoms with Crippen molar-refractivity contribution >= 4 is 0 Å². The largest absolute Gasteiger partial charge is 0.340 e. The molecule has 1 aromatic rings. The van der Waals surface area contributed by atoms with Crippen LogP contribution in [0.25, 0.3) is 0 Å². The smallest absolute Gasteiger partial charge is 0.227 e. The summed E-state index contributed by atoms with van der Waals surface area (Å²) in [6, 6.07) is 0.673. The Morgan fingerprint density at radius 2 is 2.24 bits per heavy atom. The topological polar surface area (TPSA) is 51.0 Å². The van der Waals surface area contributed by atoms with Crippen LogP contribution in [-0.4, -0.2) is 22.7 Å². The molecule has 1 N–H and O–H groups in total. The SMILES string of the molecule is CC(C)C1CCCCC1NCCc1ncno1. The van der Waals surface area contributed by atoms with Crippen LogP contribution in [0, 0.1) is 11.8 Å². The predicted octanol–water partition coefficient (Wildman–Crippen LogP) is 2.42. The summed E-state index contributed by atoms with van der Waals surface area (Å²) in [4.78, 5) is 4.04. The lowest BCUT2D eigenvalue weighted by atomic mass is 9.78. The maximum atomic E-state index is 5.00. The van der Waals surface area contributed by atoms with Gasteiger partial charge in [-0.05, 0) is 24.7 Å². The first-order valence-corrected chi connectivity index (χ1v) is 6.76. The molecule has 0 amide bonds. The van der Waals surface area contributed by atoms with Gasteiger partial charge in [-0.25, -0.2) is 0 Å². The Balaban J connectivity index is 1.76. The van der Waals surface area contributed by atoms with E-state index in [1.165, 1.54) is 32.0 Å². The zero-order chi connectivity index (χ0) is 12.1. The molecule has 0 saturated heterocycles. The predicted molar refractivity (Wildman–Crippen MR) is 66.6 cm³/mol. The number of nitrogens with zero attached hydrogens (tertiary/aromatic N) is 2. The third-order valence-electron chi connectivity index (χ3n) is 3.83. The molecule has 4 nitrogen and oxygen atoms in total. The lowest BCUT2D eigenvalue weighted by Gasteiger charge is -2.35. The van der Waals surface area contributed by atoms with E-state index < -0.39 is 0 Å². The summed E-state index contributed by atoms with van der Waals surface area (Å²) in [5.41, 5.74) is 0. The summed E-state index contributed by atoms with van der Waals surface area (Å²) >= 11 is 0. The van der Waals surface area contributed by atoms with Crippen molar-refractivity contribution in [2.45, 2.75) is 52.0 Å². The average molecular weight is 237 g/mol. The summed E-state index contributed by atoms with van der Waals surface area (Å²) in [5.74, 6) is 2.33. The Kier molecular flexibility index (Phi) is 4.54. The summed E-state index contributed by atoms with van der Waals surface area (Å²) in [6.07, 6.45) is 7.74. The number of aromatic nitrogens is 2. The van der Waals surface area contributed by atoms with Crippen LogP contribution in [0.3, 0.4) is 0 Å². The normalized spacial score (nSPS) is 25.4. The molecule has 1 saturated carbocycles. The molecule has 2 atom stereocenters. The van der Waals surface area contributed by atoms with Crippen LogP contribution in [0.4, 0.5) is 0 Å². The minimum atomic E-state index is 0.673. The molecule has 1 heterocycles. The molecular formula is C13H23N3O. The van der Waals surface area contributed by atoms with Gasteiger partial charge in [-0.3, -0.25) is 0 Å². The van der Waals surface area contributed by atoms with Gasteiger partial charge in [0.1, 0.15) is 0 Å². The monoisotopic (exact) mass is 237 g/mol. The van der Waals surface area contributed by atoms with Gasteiger partial charge in [0.15, 0.2) is 6.33 Å². The second-order valence-corrected chi connectivity index (χ2v) is 5.34. The first-order valence-electron chi connectivity index (χ1n) is 6.76. The standard InChI is InChI=1S/C13H23N3O/c1-10(2)11-5-3-4-6-12(11)14-8-7-13-15-9-16-17-13/h9-12,14H,3-8H2,1-2H3. The number of rotatable bonds is 5. The van der Waals surface area contributed by atoms with Crippen molar-refractivity contribution in [3.8, 4) is 0 Å². The van der Waals surface area contributed by atoms with Gasteiger partial charge in [-0.2, -0.15) is 4.98 Å². The number of hydrogen-bond donors (Lipinski definition) is 1. The van der Waals surface area contributed by atoms with Crippen LogP contribution in [-0.2, 0) is 6.42 Å². The molecule has 4 heteroatoms. The van der Waals surface area contributed by atoms with Crippen molar-refractivity contribution in [3.05, 3.63) is 12.2 Å². The Morgan fingerprint density at radius 3 is 2.94 bits per heavy atom. The van der Waals surface area contributed by atoms with Crippen molar-refractivity contribution in [3.63, 3.8) is 0 Å². The molecule has 0 spiro atoms. The van der Waals surface area contributed by atoms with E-state index in [-0.39, 0.29) is 0 Å². The molecule has 1 aliphatic carbocycles. The Bertz CT molecular complexity index is 310. The molecule has 0 bridgehead atoms. The zero-order valence-electron chi connectivity index (χ0n) is 10.9. The van der Waals surface area contributed by atoms with Gasteiger partial charge in [0.2, 0.25) is 5.89 Å². The van der Waals surface area contributed by atoms with Crippen molar-refractivity contribution in [2.75, 3.05) is 6.54 Å². The van der Waals surface area contributed by atoms with Gasteiger partial charge in [0.25, 0.3) is 0 Å². The van der Waals surface area contributed by atoms with E-state index >= 15 is 0 Å². The highest BCUT2D eigenvalue weighted by molar-refractivity contribution is 4.84. The maximum absolute atomic E-state index is 5.00. The molecule has 17 heavy (non-hydrogen) atoms. The summed E-state index contributed by atoms with van der Waals surface area (Å²) in [6.45, 7) is 5.61. The fourth-order valence-corrected chi connectivity index (χ4v) is 2.88. The third-order valence-corrected chi connectivity index (χ3v) is 3.83. The fourth-order valence-electron chi connectivity index (χ4n) is 2.88. The highest BCUT2D eigenvalue weighted by atomic mass is 16.5. The van der Waals surface area contributed by atoms with Gasteiger partial charge < -0.3 is 9.84 Å². The summed E-state index contributed by atoms with van der Waals surface area (Å²) < 4.78 is 5.00. The van der Waals surface area contributed by atoms with Gasteiger partial charge in [-0.1, -0.05) is 31.8 Å². The lowest BCUT2D eigenvalue weighted by Crippen LogP contribution is -2.41. The first kappa shape index (κ1) is 12.6. The molecule has 1 aliphatic rings. The van der Waals surface area contributed by atoms with E-state index in [2.05, 4.69) is 29.3 Å². The molecule has 96 valence electrons. The minimum absolute atomic E-state index is 0.673. The molecule has 0 aromatic carbocycles. The Labute approximate surface area is 103 Å². The van der Waals surface area contributed by atoms with E-state index in [4.69, 9.17) is 4.52 Å². The second-order valence-electron chi connectivity index (χ2n) is 5.34. The Hall–Kier alpha value is -0.900. The molecule has 1 aromatic heterocycles. The molecule has 0 aliphatic heterocycles. The molecule has 1 fully saturated rings. The Morgan fingerprint density at radius 1 is 1.41 bits per heavy atom. The quantitative estimate of drug-likeness (QED) is 0.854. The molecule has 0 radical (unpaired) electrons. The molecule has 2 unspecified atom stereocenters. The number of hydrogen-bond acceptors (Lipinski definition) is 4. The van der Waals surface area contributed by atoms with Gasteiger partial charge in [-0.15, -0.1) is 0 Å². The number of nitrogens with one attached hydrogen (secondary N) is 1. The molecule has 2 rings (SSSR count). The van der Waals surface area contributed by atoms with Gasteiger partial charge in [0.05, 0.1) is 0 Å². The van der Waals surface area contributed by atoms with E-state index in [1.807, 2.05) is 0 Å². The van der Waals surface area contributed by atoms with Crippen molar-refractivity contribution in [1.82, 2.24) is 15.5 Å². The van der Waals surface area contributed by atoms with Crippen molar-refractivity contribution < 1.29 is 4.52 Å². The lowest BCUT2D eigenvalue weighted by molar-refractivity contribution is 0.205. The van der Waals surface area contributed by atoms with E-state index in [9.17, 15) is 0 Å². The highest BCUT2D eigenvalue weighted by Gasteiger charge is 2.26. The van der Waals surface area contributed by atoms with Crippen LogP contribution >= 0.6 is 0 Å². The van der Waals surface area contributed by atoms with Crippen LogP contribution in [0.2, 0.25) is 0 Å². The maximum Gasteiger partial charge on any atom is 0.227 e. The van der Waals surface area contributed by atoms with Crippen molar-refractivity contribution in [1.29, 1.82) is 0 Å². The first-order chi connectivity index (χ1) is 8.27. The van der Waals surface area contributed by atoms with Crippen molar-refractivity contribution in [2.24, 2.45) is 11.8 Å². The third kappa shape index (κ3) is 3.53. The van der Waals surface area contributed by atoms with Crippen LogP contribution in [0.5, 0.6) is 0 Å². The van der Waals surface area contributed by atoms with Gasteiger partial charge in [0, 0.05) is 19.0 Å². The van der Waals surface area contributed by atoms with E-state index in [0.29, 0.717) is 6.04 Å². The average Bonchev–Trinajstić information content (AvgIpc) is 2.82. The van der Waals surface area contributed by atoms with Crippen LogP contribution in [0.1, 0.15) is 45.4 Å². The molecular weight excluding hydrogens is 214 g/mol. The fraction of sp³-hybridized carbons (Fsp3) is 0.846. The van der Waals surface area contributed by atoms with E-state index in [1.54, 1.807) is 0 Å². The van der Waals surface area contributed by atoms with Crippen LogP contribution in [0.15, 0.2) is 10.9 Å². The van der Waals surface area contributed by atoms with Gasteiger partial charge >= 0.3 is 0 Å². The summed E-state index contributed by atoms with van der Waals surface area (Å²) in [5, 5.41) is 7.28. The minimum Gasteiger partial charge on any atom is -0.340 e. The zero-order valence-corrected chi connectivity index (χ0v) is 10.9. The second kappa shape index (κ2) is 6.15. The highest BCUT2D eigenvalue weighted by Crippen LogP contribution is 2.30.